The molecule has 0 unspecified atom stereocenters. The van der Waals surface area contributed by atoms with Crippen LogP contribution < -0.4 is 40.0 Å². The number of rotatable bonds is 5. The van der Waals surface area contributed by atoms with Crippen molar-refractivity contribution in [1.82, 2.24) is 0 Å². The van der Waals surface area contributed by atoms with E-state index < -0.39 is 13.4 Å². The summed E-state index contributed by atoms with van der Waals surface area (Å²) < 4.78 is 7.36. The predicted molar refractivity (Wildman–Crippen MR) is 127 cm³/mol. The molecule has 4 N–H and O–H groups in total. The molecular weight excluding hydrogens is 789 g/mol. The second-order valence-corrected chi connectivity index (χ2v) is 13.1. The summed E-state index contributed by atoms with van der Waals surface area (Å²) in [6.45, 7) is 0. The van der Waals surface area contributed by atoms with Gasteiger partial charge in [-0.1, -0.05) is 56.8 Å². The summed E-state index contributed by atoms with van der Waals surface area (Å²) >= 11 is 8.82. The second-order valence-electron chi connectivity index (χ2n) is 5.20. The largest absolute Gasteiger partial charge is 1.00 e. The Morgan fingerprint density at radius 3 is 2.56 bits per heavy atom. The van der Waals surface area contributed by atoms with Gasteiger partial charge < -0.3 is 22.1 Å². The van der Waals surface area contributed by atoms with Gasteiger partial charge in [-0.2, -0.15) is 0 Å². The zero-order valence-corrected chi connectivity index (χ0v) is 23.7. The maximum absolute atomic E-state index is 11.0. The number of aliphatic carboxylic acids is 1. The Labute approximate surface area is 223 Å². The Morgan fingerprint density at radius 1 is 1.40 bits per heavy atom. The van der Waals surface area contributed by atoms with Crippen LogP contribution >= 0.6 is 90.4 Å². The molecule has 132 valence electrons. The monoisotopic (exact) mass is 803 g/mol. The number of carboxylic acid groups (broad SMARTS) is 1. The van der Waals surface area contributed by atoms with Gasteiger partial charge in [-0.25, -0.2) is 0 Å². The van der Waals surface area contributed by atoms with Crippen LogP contribution in [0.3, 0.4) is 0 Å². The molecule has 0 amide bonds. The van der Waals surface area contributed by atoms with Crippen LogP contribution in [0, 0.1) is 3.57 Å². The fourth-order valence-electron chi connectivity index (χ4n) is 2.13. The van der Waals surface area contributed by atoms with E-state index in [1.165, 1.54) is 0 Å². The Bertz CT molecular complexity index is 742. The van der Waals surface area contributed by atoms with Gasteiger partial charge in [0.15, 0.2) is 0 Å². The Morgan fingerprint density at radius 2 is 2.04 bits per heavy atom. The molecule has 5 nitrogen and oxygen atoms in total. The number of alkyl halides is 2. The number of phenolic OH excluding ortho intramolecular Hbond substituents is 1. The SMILES string of the molecule is N[C@@H](CC1=CC(I)(I)C(Oc2ccc(O)c(I)c2)=C(I)C1)C(=O)O.[H-].[Na+]. The van der Waals surface area contributed by atoms with Crippen LogP contribution in [-0.2, 0) is 4.79 Å². The van der Waals surface area contributed by atoms with Crippen molar-refractivity contribution in [3.63, 3.8) is 0 Å². The molecule has 1 aliphatic carbocycles. The van der Waals surface area contributed by atoms with Crippen molar-refractivity contribution in [3.05, 3.63) is 42.8 Å². The van der Waals surface area contributed by atoms with Gasteiger partial charge >= 0.3 is 35.5 Å². The van der Waals surface area contributed by atoms with Crippen LogP contribution in [0.2, 0.25) is 0 Å². The van der Waals surface area contributed by atoms with Crippen molar-refractivity contribution in [2.75, 3.05) is 0 Å². The number of hydrogen-bond donors (Lipinski definition) is 3. The van der Waals surface area contributed by atoms with Crippen LogP contribution in [-0.4, -0.2) is 23.7 Å². The molecule has 10 heteroatoms. The molecule has 1 aromatic carbocycles. The van der Waals surface area contributed by atoms with E-state index in [1.807, 2.05) is 28.7 Å². The van der Waals surface area contributed by atoms with Gasteiger partial charge in [0.25, 0.3) is 0 Å². The number of ether oxygens (including phenoxy) is 1. The van der Waals surface area contributed by atoms with Crippen LogP contribution in [0.4, 0.5) is 0 Å². The fourth-order valence-corrected chi connectivity index (χ4v) is 6.42. The van der Waals surface area contributed by atoms with Crippen molar-refractivity contribution in [2.45, 2.75) is 20.3 Å². The molecule has 0 bridgehead atoms. The zero-order chi connectivity index (χ0) is 18.1. The molecule has 1 aliphatic rings. The number of aromatic hydroxyl groups is 1. The first-order chi connectivity index (χ1) is 11.1. The van der Waals surface area contributed by atoms with Crippen LogP contribution in [0.1, 0.15) is 14.3 Å². The quantitative estimate of drug-likeness (QED) is 0.183. The number of hydrogen-bond acceptors (Lipinski definition) is 4. The summed E-state index contributed by atoms with van der Waals surface area (Å²) in [4.78, 5) is 11.0. The van der Waals surface area contributed by atoms with Crippen LogP contribution in [0.25, 0.3) is 0 Å². The topological polar surface area (TPSA) is 92.8 Å². The van der Waals surface area contributed by atoms with E-state index >= 15 is 0 Å². The van der Waals surface area contributed by atoms with Gasteiger partial charge in [0, 0.05) is 10.0 Å². The van der Waals surface area contributed by atoms with E-state index in [1.54, 1.807) is 18.2 Å². The maximum atomic E-state index is 11.0. The summed E-state index contributed by atoms with van der Waals surface area (Å²) in [5.74, 6) is 0.676. The minimum Gasteiger partial charge on any atom is -1.00 e. The summed E-state index contributed by atoms with van der Waals surface area (Å²) in [6, 6.07) is 4.19. The van der Waals surface area contributed by atoms with E-state index in [9.17, 15) is 9.90 Å². The molecule has 0 saturated heterocycles. The molecule has 1 aromatic rings. The molecule has 0 aliphatic heterocycles. The molecule has 0 aromatic heterocycles. The van der Waals surface area contributed by atoms with Crippen molar-refractivity contribution >= 4 is 96.3 Å². The minimum absolute atomic E-state index is 0. The van der Waals surface area contributed by atoms with Crippen LogP contribution in [0.15, 0.2) is 39.2 Å². The van der Waals surface area contributed by atoms with Gasteiger partial charge in [-0.3, -0.25) is 4.79 Å². The first-order valence-electron chi connectivity index (χ1n) is 6.72. The fraction of sp³-hybridized carbons (Fsp3) is 0.267. The summed E-state index contributed by atoms with van der Waals surface area (Å²) in [5, 5.41) is 18.6. The van der Waals surface area contributed by atoms with Gasteiger partial charge in [0.05, 0.1) is 3.57 Å². The number of allylic oxidation sites excluding steroid dienone is 2. The third-order valence-electron chi connectivity index (χ3n) is 3.26. The number of nitrogens with two attached hydrogens (primary N) is 1. The van der Waals surface area contributed by atoms with E-state index in [4.69, 9.17) is 15.6 Å². The Kier molecular flexibility index (Phi) is 10.3. The summed E-state index contributed by atoms with van der Waals surface area (Å²) in [5.41, 5.74) is 6.64. The normalized spacial score (nSPS) is 17.4. The molecule has 0 radical (unpaired) electrons. The molecule has 0 saturated carbocycles. The number of halogens is 4. The van der Waals surface area contributed by atoms with Crippen molar-refractivity contribution in [3.8, 4) is 11.5 Å². The molecule has 25 heavy (non-hydrogen) atoms. The Balaban J connectivity index is 0.00000312. The number of phenols is 1. The number of carboxylic acids is 1. The predicted octanol–water partition coefficient (Wildman–Crippen LogP) is 1.84. The zero-order valence-electron chi connectivity index (χ0n) is 14.1. The number of benzene rings is 1. The first-order valence-corrected chi connectivity index (χ1v) is 11.0. The third-order valence-corrected chi connectivity index (χ3v) is 6.59. The minimum atomic E-state index is -0.997. The third kappa shape index (κ3) is 6.88. The van der Waals surface area contributed by atoms with Gasteiger partial charge in [-0.05, 0) is 69.8 Å². The molecule has 0 fully saturated rings. The number of carbonyl (C=O) groups is 1. The molecule has 0 heterocycles. The van der Waals surface area contributed by atoms with Crippen molar-refractivity contribution in [2.24, 2.45) is 5.73 Å². The molecule has 0 spiro atoms. The van der Waals surface area contributed by atoms with E-state index in [-0.39, 0.29) is 36.7 Å². The summed E-state index contributed by atoms with van der Waals surface area (Å²) in [7, 11) is 0. The Hall–Kier alpha value is 1.65. The van der Waals surface area contributed by atoms with Crippen molar-refractivity contribution in [1.29, 1.82) is 0 Å². The molecular formula is C15H14I4NNaO4. The first kappa shape index (κ1) is 24.7. The van der Waals surface area contributed by atoms with E-state index in [0.29, 0.717) is 22.2 Å². The molecule has 2 rings (SSSR count). The summed E-state index contributed by atoms with van der Waals surface area (Å²) in [6.07, 6.45) is 2.96. The maximum Gasteiger partial charge on any atom is 1.00 e. The van der Waals surface area contributed by atoms with Crippen molar-refractivity contribution < 1.29 is 50.7 Å². The van der Waals surface area contributed by atoms with Gasteiger partial charge in [0.1, 0.15) is 24.7 Å². The van der Waals surface area contributed by atoms with E-state index in [2.05, 4.69) is 67.8 Å². The standard InChI is InChI=1S/C15H13I4NO4.Na.H/c16-9-5-8(1-2-12(9)21)24-13-10(17)3-7(6-15(13,18)19)4-11(20)14(22)23;;/h1-2,5-6,11,21H,3-4,20H2,(H,22,23);;/q;+1;-1/t11-;;/m0../s1. The average Bonchev–Trinajstić information content (AvgIpc) is 2.46. The van der Waals surface area contributed by atoms with Gasteiger partial charge in [0.2, 0.25) is 0 Å². The molecule has 1 atom stereocenters. The smallest absolute Gasteiger partial charge is 1.00 e. The second kappa shape index (κ2) is 10.4. The average molecular weight is 803 g/mol. The van der Waals surface area contributed by atoms with Gasteiger partial charge in [-0.15, -0.1) is 0 Å². The van der Waals surface area contributed by atoms with E-state index in [0.717, 1.165) is 14.9 Å². The van der Waals surface area contributed by atoms with Crippen LogP contribution in [0.5, 0.6) is 11.5 Å².